The SMILES string of the molecule is CCC[CH2][Sn]([CH2]CCC)([CH2]CCC)[c]1ccc(OC)c2c1OC(C)(C)O2. The van der Waals surface area contributed by atoms with E-state index in [4.69, 9.17) is 14.2 Å². The molecule has 1 aliphatic heterocycles. The third-order valence-corrected chi connectivity index (χ3v) is 21.2. The molecule has 0 N–H and O–H groups in total. The van der Waals surface area contributed by atoms with E-state index < -0.39 is 24.2 Å². The first kappa shape index (κ1) is 21.7. The Labute approximate surface area is 164 Å². The minimum absolute atomic E-state index is 0.608. The van der Waals surface area contributed by atoms with Gasteiger partial charge in [-0.05, 0) is 0 Å². The van der Waals surface area contributed by atoms with Crippen LogP contribution in [0.1, 0.15) is 73.1 Å². The van der Waals surface area contributed by atoms with Gasteiger partial charge in [0.25, 0.3) is 0 Å². The van der Waals surface area contributed by atoms with Gasteiger partial charge in [0.2, 0.25) is 0 Å². The maximum absolute atomic E-state index is 6.36. The topological polar surface area (TPSA) is 27.7 Å². The molecule has 2 rings (SSSR count). The third-order valence-electron chi connectivity index (χ3n) is 5.59. The molecular weight excluding hydrogens is 431 g/mol. The Kier molecular flexibility index (Phi) is 7.99. The minimum atomic E-state index is -2.58. The van der Waals surface area contributed by atoms with Gasteiger partial charge in [-0.15, -0.1) is 0 Å². The van der Waals surface area contributed by atoms with Crippen molar-refractivity contribution in [2.75, 3.05) is 7.11 Å². The molecule has 4 heteroatoms. The van der Waals surface area contributed by atoms with Crippen LogP contribution in [-0.2, 0) is 0 Å². The van der Waals surface area contributed by atoms with Gasteiger partial charge in [0.05, 0.1) is 0 Å². The maximum atomic E-state index is 6.36. The van der Waals surface area contributed by atoms with Crippen LogP contribution < -0.4 is 17.8 Å². The van der Waals surface area contributed by atoms with Gasteiger partial charge in [-0.1, -0.05) is 0 Å². The second-order valence-corrected chi connectivity index (χ2v) is 21.3. The molecule has 0 aromatic heterocycles. The van der Waals surface area contributed by atoms with Crippen LogP contribution in [0.25, 0.3) is 0 Å². The molecule has 0 saturated heterocycles. The van der Waals surface area contributed by atoms with Crippen molar-refractivity contribution in [1.82, 2.24) is 0 Å². The fourth-order valence-electron chi connectivity index (χ4n) is 4.16. The van der Waals surface area contributed by atoms with Gasteiger partial charge in [0.15, 0.2) is 0 Å². The average molecular weight is 469 g/mol. The fourth-order valence-corrected chi connectivity index (χ4v) is 20.5. The van der Waals surface area contributed by atoms with E-state index in [9.17, 15) is 0 Å². The number of methoxy groups -OCH3 is 1. The van der Waals surface area contributed by atoms with Gasteiger partial charge >= 0.3 is 165 Å². The molecule has 1 aliphatic rings. The Morgan fingerprint density at radius 3 is 1.81 bits per heavy atom. The van der Waals surface area contributed by atoms with Gasteiger partial charge < -0.3 is 0 Å². The molecule has 0 saturated carbocycles. The van der Waals surface area contributed by atoms with Crippen LogP contribution >= 0.6 is 0 Å². The van der Waals surface area contributed by atoms with E-state index in [-0.39, 0.29) is 0 Å². The average Bonchev–Trinajstić information content (AvgIpc) is 2.95. The number of benzene rings is 1. The van der Waals surface area contributed by atoms with Crippen molar-refractivity contribution in [2.24, 2.45) is 0 Å². The first-order chi connectivity index (χ1) is 12.4. The van der Waals surface area contributed by atoms with Crippen molar-refractivity contribution in [3.63, 3.8) is 0 Å². The summed E-state index contributed by atoms with van der Waals surface area (Å²) < 4.78 is 23.9. The Morgan fingerprint density at radius 2 is 1.35 bits per heavy atom. The van der Waals surface area contributed by atoms with Crippen LogP contribution in [-0.4, -0.2) is 31.3 Å². The van der Waals surface area contributed by atoms with E-state index in [1.54, 1.807) is 7.11 Å². The van der Waals surface area contributed by atoms with Crippen LogP contribution in [0.4, 0.5) is 0 Å². The van der Waals surface area contributed by atoms with E-state index >= 15 is 0 Å². The zero-order valence-electron chi connectivity index (χ0n) is 17.7. The molecule has 0 bridgehead atoms. The van der Waals surface area contributed by atoms with Gasteiger partial charge in [-0.25, -0.2) is 0 Å². The molecule has 1 heterocycles. The molecule has 26 heavy (non-hydrogen) atoms. The Balaban J connectivity index is 2.54. The molecule has 0 fully saturated rings. The first-order valence-corrected chi connectivity index (χ1v) is 18.0. The summed E-state index contributed by atoms with van der Waals surface area (Å²) in [6, 6.07) is 4.45. The quantitative estimate of drug-likeness (QED) is 0.358. The number of hydrogen-bond acceptors (Lipinski definition) is 3. The third kappa shape index (κ3) is 4.82. The zero-order chi connectivity index (χ0) is 19.2. The Bertz CT molecular complexity index is 561. The number of ether oxygens (including phenoxy) is 3. The number of rotatable bonds is 11. The van der Waals surface area contributed by atoms with Crippen LogP contribution in [0.15, 0.2) is 12.1 Å². The molecule has 0 aliphatic carbocycles. The van der Waals surface area contributed by atoms with Crippen LogP contribution in [0.5, 0.6) is 17.2 Å². The molecule has 148 valence electrons. The summed E-state index contributed by atoms with van der Waals surface area (Å²) in [5.74, 6) is 2.04. The second kappa shape index (κ2) is 9.56. The first-order valence-electron chi connectivity index (χ1n) is 10.5. The predicted molar refractivity (Wildman–Crippen MR) is 113 cm³/mol. The normalized spacial score (nSPS) is 15.3. The monoisotopic (exact) mass is 470 g/mol. The van der Waals surface area contributed by atoms with Crippen molar-refractivity contribution >= 4 is 22.0 Å². The van der Waals surface area contributed by atoms with Gasteiger partial charge in [-0.2, -0.15) is 0 Å². The van der Waals surface area contributed by atoms with E-state index in [0.29, 0.717) is 0 Å². The van der Waals surface area contributed by atoms with Gasteiger partial charge in [-0.3, -0.25) is 0 Å². The molecule has 0 amide bonds. The van der Waals surface area contributed by atoms with Crippen molar-refractivity contribution in [3.8, 4) is 17.2 Å². The number of hydrogen-bond donors (Lipinski definition) is 0. The van der Waals surface area contributed by atoms with Gasteiger partial charge in [0.1, 0.15) is 0 Å². The summed E-state index contributed by atoms with van der Waals surface area (Å²) in [6.07, 6.45) is 7.85. The standard InChI is InChI=1S/C10H11O3.3C4H9.Sn/c1-10(2)12-8-6-4-5-7(11-3)9(8)13-10;3*1-3-4-2;/h4-5H,1-3H3;3*1,3-4H2,2H3;. The summed E-state index contributed by atoms with van der Waals surface area (Å²) in [4.78, 5) is 0. The molecule has 0 atom stereocenters. The molecule has 3 nitrogen and oxygen atoms in total. The van der Waals surface area contributed by atoms with Crippen LogP contribution in [0.2, 0.25) is 13.3 Å². The summed E-state index contributed by atoms with van der Waals surface area (Å²) >= 11 is -2.58. The van der Waals surface area contributed by atoms with E-state index in [0.717, 1.165) is 17.2 Å². The summed E-state index contributed by atoms with van der Waals surface area (Å²) in [5, 5.41) is 0. The molecule has 1 aromatic carbocycles. The summed E-state index contributed by atoms with van der Waals surface area (Å²) in [5.41, 5.74) is 0. The van der Waals surface area contributed by atoms with Crippen LogP contribution in [0.3, 0.4) is 0 Å². The molecular formula is C22H38O3Sn. The summed E-state index contributed by atoms with van der Waals surface area (Å²) in [6.45, 7) is 10.9. The van der Waals surface area contributed by atoms with E-state index in [1.807, 2.05) is 13.8 Å². The Hall–Kier alpha value is -0.581. The van der Waals surface area contributed by atoms with E-state index in [2.05, 4.69) is 32.9 Å². The van der Waals surface area contributed by atoms with Crippen molar-refractivity contribution in [1.29, 1.82) is 0 Å². The van der Waals surface area contributed by atoms with Crippen molar-refractivity contribution < 1.29 is 14.2 Å². The second-order valence-electron chi connectivity index (χ2n) is 8.17. The van der Waals surface area contributed by atoms with Crippen LogP contribution in [0, 0.1) is 0 Å². The van der Waals surface area contributed by atoms with Crippen molar-refractivity contribution in [3.05, 3.63) is 12.1 Å². The molecule has 0 unspecified atom stereocenters. The molecule has 0 radical (unpaired) electrons. The molecule has 1 aromatic rings. The summed E-state index contributed by atoms with van der Waals surface area (Å²) in [7, 11) is 1.71. The Morgan fingerprint density at radius 1 is 0.846 bits per heavy atom. The number of fused-ring (bicyclic) bond motifs is 1. The molecule has 0 spiro atoms. The van der Waals surface area contributed by atoms with Crippen molar-refractivity contribution in [2.45, 2.75) is 92.2 Å². The zero-order valence-corrected chi connectivity index (χ0v) is 20.6. The van der Waals surface area contributed by atoms with Gasteiger partial charge in [0, 0.05) is 0 Å². The predicted octanol–water partition coefficient (Wildman–Crippen LogP) is 6.26. The number of unbranched alkanes of at least 4 members (excludes halogenated alkanes) is 3. The van der Waals surface area contributed by atoms with E-state index in [1.165, 1.54) is 55.4 Å². The fraction of sp³-hybridized carbons (Fsp3) is 0.727.